The second-order valence-corrected chi connectivity index (χ2v) is 5.91. The van der Waals surface area contributed by atoms with Gasteiger partial charge in [0.05, 0.1) is 0 Å². The summed E-state index contributed by atoms with van der Waals surface area (Å²) in [7, 11) is 0. The van der Waals surface area contributed by atoms with Crippen LogP contribution in [0.4, 0.5) is 5.69 Å². The Labute approximate surface area is 135 Å². The fraction of sp³-hybridized carbons (Fsp3) is 0.278. The number of carboxylic acids is 1. The lowest BCUT2D eigenvalue weighted by atomic mass is 10.1. The molecule has 2 aromatic rings. The first-order valence-corrected chi connectivity index (χ1v) is 8.15. The van der Waals surface area contributed by atoms with E-state index in [2.05, 4.69) is 28.6 Å². The van der Waals surface area contributed by atoms with E-state index in [4.69, 9.17) is 5.11 Å². The van der Waals surface area contributed by atoms with Gasteiger partial charge in [-0.15, -0.1) is 17.3 Å². The molecule has 4 heteroatoms. The summed E-state index contributed by atoms with van der Waals surface area (Å²) < 4.78 is 0. The third-order valence-electron chi connectivity index (χ3n) is 3.13. The van der Waals surface area contributed by atoms with Gasteiger partial charge in [0.1, 0.15) is 0 Å². The monoisotopic (exact) mass is 313 g/mol. The molecule has 0 aliphatic rings. The number of carboxylic acid groups (broad SMARTS) is 1. The van der Waals surface area contributed by atoms with E-state index >= 15 is 0 Å². The number of hydrogen-bond donors (Lipinski definition) is 2. The highest BCUT2D eigenvalue weighted by Gasteiger charge is 1.99. The van der Waals surface area contributed by atoms with Gasteiger partial charge in [-0.25, -0.2) is 0 Å². The van der Waals surface area contributed by atoms with Crippen LogP contribution in [0, 0.1) is 11.8 Å². The minimum atomic E-state index is -0.761. The number of carbonyl (C=O) groups is 1. The Morgan fingerprint density at radius 1 is 1.18 bits per heavy atom. The first-order valence-electron chi connectivity index (χ1n) is 7.27. The van der Waals surface area contributed by atoms with Crippen LogP contribution >= 0.6 is 11.3 Å². The Balaban J connectivity index is 1.66. The van der Waals surface area contributed by atoms with E-state index in [1.807, 2.05) is 30.3 Å². The van der Waals surface area contributed by atoms with Crippen LogP contribution in [-0.2, 0) is 17.6 Å². The average molecular weight is 313 g/mol. The molecule has 0 atom stereocenters. The van der Waals surface area contributed by atoms with Crippen molar-refractivity contribution in [3.05, 3.63) is 52.2 Å². The number of nitrogens with one attached hydrogen (secondary N) is 1. The van der Waals surface area contributed by atoms with Gasteiger partial charge in [0.25, 0.3) is 0 Å². The molecule has 1 heterocycles. The van der Waals surface area contributed by atoms with E-state index in [0.717, 1.165) is 30.6 Å². The number of thiophene rings is 1. The number of anilines is 1. The van der Waals surface area contributed by atoms with Crippen LogP contribution in [0.1, 0.15) is 23.3 Å². The van der Waals surface area contributed by atoms with E-state index in [0.29, 0.717) is 6.42 Å². The van der Waals surface area contributed by atoms with Gasteiger partial charge in [-0.3, -0.25) is 4.79 Å². The lowest BCUT2D eigenvalue weighted by Gasteiger charge is -2.05. The Hall–Kier alpha value is -2.25. The summed E-state index contributed by atoms with van der Waals surface area (Å²) in [6, 6.07) is 12.0. The number of aryl methyl sites for hydroxylation is 1. The van der Waals surface area contributed by atoms with Crippen molar-refractivity contribution in [1.29, 1.82) is 0 Å². The summed E-state index contributed by atoms with van der Waals surface area (Å²) in [6.07, 6.45) is 2.39. The molecule has 1 aromatic carbocycles. The van der Waals surface area contributed by atoms with Crippen molar-refractivity contribution < 1.29 is 9.90 Å². The molecule has 0 unspecified atom stereocenters. The predicted molar refractivity (Wildman–Crippen MR) is 91.3 cm³/mol. The molecule has 114 valence electrons. The fourth-order valence-corrected chi connectivity index (χ4v) is 2.61. The van der Waals surface area contributed by atoms with Crippen LogP contribution in [0.5, 0.6) is 0 Å². The summed E-state index contributed by atoms with van der Waals surface area (Å²) >= 11 is 1.74. The second kappa shape index (κ2) is 8.91. The first kappa shape index (κ1) is 16.1. The maximum Gasteiger partial charge on any atom is 0.303 e. The molecule has 0 saturated carbocycles. The van der Waals surface area contributed by atoms with Crippen molar-refractivity contribution in [2.75, 3.05) is 11.9 Å². The third-order valence-corrected chi connectivity index (χ3v) is 4.00. The molecule has 0 saturated heterocycles. The van der Waals surface area contributed by atoms with E-state index in [9.17, 15) is 4.79 Å². The summed E-state index contributed by atoms with van der Waals surface area (Å²) in [5.41, 5.74) is 2.09. The van der Waals surface area contributed by atoms with E-state index in [1.54, 1.807) is 11.3 Å². The normalized spacial score (nSPS) is 9.82. The zero-order valence-corrected chi connectivity index (χ0v) is 13.2. The van der Waals surface area contributed by atoms with Gasteiger partial charge in [0.15, 0.2) is 0 Å². The van der Waals surface area contributed by atoms with Crippen molar-refractivity contribution in [3.8, 4) is 11.8 Å². The van der Waals surface area contributed by atoms with Gasteiger partial charge < -0.3 is 10.4 Å². The molecule has 0 spiro atoms. The molecule has 0 fully saturated rings. The predicted octanol–water partition coefficient (Wildman–Crippen LogP) is 3.81. The molecule has 1 aromatic heterocycles. The Bertz CT molecular complexity index is 636. The maximum atomic E-state index is 10.5. The van der Waals surface area contributed by atoms with E-state index < -0.39 is 5.97 Å². The lowest BCUT2D eigenvalue weighted by molar-refractivity contribution is -0.136. The summed E-state index contributed by atoms with van der Waals surface area (Å²) in [6.45, 7) is 0.811. The summed E-state index contributed by atoms with van der Waals surface area (Å²) in [4.78, 5) is 11.8. The number of rotatable bonds is 7. The number of aliphatic carboxylic acids is 1. The Kier molecular flexibility index (Phi) is 6.53. The third kappa shape index (κ3) is 6.02. The highest BCUT2D eigenvalue weighted by molar-refractivity contribution is 7.09. The zero-order chi connectivity index (χ0) is 15.6. The van der Waals surface area contributed by atoms with Gasteiger partial charge in [-0.05, 0) is 35.6 Å². The maximum absolute atomic E-state index is 10.5. The van der Waals surface area contributed by atoms with Gasteiger partial charge in [-0.1, -0.05) is 24.1 Å². The first-order chi connectivity index (χ1) is 10.7. The van der Waals surface area contributed by atoms with E-state index in [-0.39, 0.29) is 6.42 Å². The Morgan fingerprint density at radius 3 is 2.68 bits per heavy atom. The van der Waals surface area contributed by atoms with Gasteiger partial charge in [-0.2, -0.15) is 0 Å². The highest BCUT2D eigenvalue weighted by atomic mass is 32.1. The van der Waals surface area contributed by atoms with Gasteiger partial charge >= 0.3 is 5.97 Å². The molecule has 0 radical (unpaired) electrons. The highest BCUT2D eigenvalue weighted by Crippen LogP contribution is 2.11. The van der Waals surface area contributed by atoms with Gasteiger partial charge in [0.2, 0.25) is 0 Å². The standard InChI is InChI=1S/C18H19NO2S/c20-18(21)12-9-15-7-10-16(11-8-15)19-13-3-1-2-5-17-6-4-14-22-17/h4,6-8,10-11,14,19H,3,5,9,12-13H2,(H,20,21). The number of benzene rings is 1. The van der Waals surface area contributed by atoms with Crippen LogP contribution in [0.15, 0.2) is 41.8 Å². The topological polar surface area (TPSA) is 49.3 Å². The fourth-order valence-electron chi connectivity index (χ4n) is 1.96. The number of hydrogen-bond acceptors (Lipinski definition) is 3. The van der Waals surface area contributed by atoms with Crippen molar-refractivity contribution in [3.63, 3.8) is 0 Å². The minimum Gasteiger partial charge on any atom is -0.481 e. The zero-order valence-electron chi connectivity index (χ0n) is 12.3. The second-order valence-electron chi connectivity index (χ2n) is 4.88. The Morgan fingerprint density at radius 2 is 2.00 bits per heavy atom. The molecule has 0 aliphatic carbocycles. The molecule has 2 N–H and O–H groups in total. The van der Waals surface area contributed by atoms with Gasteiger partial charge in [0, 0.05) is 36.4 Å². The minimum absolute atomic E-state index is 0.173. The smallest absolute Gasteiger partial charge is 0.303 e. The van der Waals surface area contributed by atoms with Crippen LogP contribution in [0.25, 0.3) is 0 Å². The van der Waals surface area contributed by atoms with E-state index in [1.165, 1.54) is 4.88 Å². The van der Waals surface area contributed by atoms with Crippen LogP contribution < -0.4 is 5.32 Å². The molecule has 0 amide bonds. The molecular weight excluding hydrogens is 294 g/mol. The van der Waals surface area contributed by atoms with Crippen molar-refractivity contribution in [2.45, 2.75) is 25.7 Å². The van der Waals surface area contributed by atoms with Crippen molar-refractivity contribution in [1.82, 2.24) is 0 Å². The summed E-state index contributed by atoms with van der Waals surface area (Å²) in [5.74, 6) is 5.58. The van der Waals surface area contributed by atoms with Crippen LogP contribution in [-0.4, -0.2) is 17.6 Å². The van der Waals surface area contributed by atoms with Crippen LogP contribution in [0.2, 0.25) is 0 Å². The quantitative estimate of drug-likeness (QED) is 0.603. The summed E-state index contributed by atoms with van der Waals surface area (Å²) in [5, 5.41) is 14.0. The van der Waals surface area contributed by atoms with Crippen LogP contribution in [0.3, 0.4) is 0 Å². The average Bonchev–Trinajstić information content (AvgIpc) is 3.03. The molecular formula is C18H19NO2S. The molecule has 0 bridgehead atoms. The lowest BCUT2D eigenvalue weighted by Crippen LogP contribution is -2.01. The molecule has 3 nitrogen and oxygen atoms in total. The SMILES string of the molecule is O=C(O)CCc1ccc(NCCC#CCc2cccs2)cc1. The molecule has 0 aliphatic heterocycles. The van der Waals surface area contributed by atoms with Crippen molar-refractivity contribution in [2.24, 2.45) is 0 Å². The largest absolute Gasteiger partial charge is 0.481 e. The molecule has 2 rings (SSSR count). The molecule has 22 heavy (non-hydrogen) atoms. The van der Waals surface area contributed by atoms with Crippen molar-refractivity contribution >= 4 is 23.0 Å².